The average Bonchev–Trinajstić information content (AvgIpc) is 2.55. The third kappa shape index (κ3) is 5.39. The van der Waals surface area contributed by atoms with Crippen molar-refractivity contribution in [3.05, 3.63) is 24.3 Å². The number of likely N-dealkylation sites (N-methyl/N-ethyl adjacent to an activating group) is 1. The van der Waals surface area contributed by atoms with Crippen molar-refractivity contribution in [1.82, 2.24) is 10.2 Å². The van der Waals surface area contributed by atoms with Gasteiger partial charge in [0.25, 0.3) is 0 Å². The van der Waals surface area contributed by atoms with Crippen molar-refractivity contribution in [2.45, 2.75) is 12.8 Å². The second kappa shape index (κ2) is 9.54. The summed E-state index contributed by atoms with van der Waals surface area (Å²) >= 11 is 0. The highest BCUT2D eigenvalue weighted by Crippen LogP contribution is 2.17. The maximum Gasteiger partial charge on any atom is 0.226 e. The summed E-state index contributed by atoms with van der Waals surface area (Å²) in [5, 5.41) is 3.27. The third-order valence-electron chi connectivity index (χ3n) is 3.78. The molecule has 0 aromatic heterocycles. The Morgan fingerprint density at radius 1 is 1.32 bits per heavy atom. The van der Waals surface area contributed by atoms with E-state index >= 15 is 0 Å². The Hall–Kier alpha value is -1.46. The summed E-state index contributed by atoms with van der Waals surface area (Å²) in [5.41, 5.74) is 0. The topological polar surface area (TPSA) is 50.8 Å². The van der Waals surface area contributed by atoms with Crippen LogP contribution in [0.5, 0.6) is 11.5 Å². The molecule has 1 fully saturated rings. The number of hydrogen-bond donors (Lipinski definition) is 1. The molecule has 0 unspecified atom stereocenters. The normalized spacial score (nSPS) is 17.3. The number of nitrogens with zero attached hydrogens (tertiary/aromatic N) is 1. The first-order chi connectivity index (χ1) is 10.2. The van der Waals surface area contributed by atoms with Crippen LogP contribution in [-0.4, -0.2) is 51.2 Å². The lowest BCUT2D eigenvalue weighted by molar-refractivity contribution is -0.135. The van der Waals surface area contributed by atoms with Crippen LogP contribution in [0.1, 0.15) is 12.8 Å². The van der Waals surface area contributed by atoms with Crippen molar-refractivity contribution in [2.24, 2.45) is 5.92 Å². The van der Waals surface area contributed by atoms with Gasteiger partial charge in [-0.15, -0.1) is 12.4 Å². The minimum atomic E-state index is 0. The zero-order valence-electron chi connectivity index (χ0n) is 13.2. The highest BCUT2D eigenvalue weighted by molar-refractivity contribution is 5.85. The molecule has 1 atom stereocenters. The van der Waals surface area contributed by atoms with E-state index in [4.69, 9.17) is 9.47 Å². The van der Waals surface area contributed by atoms with Gasteiger partial charge in [-0.2, -0.15) is 0 Å². The fraction of sp³-hybridized carbons (Fsp3) is 0.562. The summed E-state index contributed by atoms with van der Waals surface area (Å²) in [5.74, 6) is 1.92. The number of carbonyl (C=O) groups is 1. The van der Waals surface area contributed by atoms with Crippen LogP contribution >= 0.6 is 12.4 Å². The first-order valence-corrected chi connectivity index (χ1v) is 7.43. The quantitative estimate of drug-likeness (QED) is 0.867. The minimum Gasteiger partial charge on any atom is -0.497 e. The highest BCUT2D eigenvalue weighted by Gasteiger charge is 2.23. The molecule has 1 aromatic rings. The van der Waals surface area contributed by atoms with Crippen LogP contribution in [-0.2, 0) is 4.79 Å². The Balaban J connectivity index is 0.00000242. The smallest absolute Gasteiger partial charge is 0.226 e. The summed E-state index contributed by atoms with van der Waals surface area (Å²) in [6.07, 6.45) is 2.06. The van der Waals surface area contributed by atoms with Crippen molar-refractivity contribution in [1.29, 1.82) is 0 Å². The molecule has 1 heterocycles. The first kappa shape index (κ1) is 18.6. The lowest BCUT2D eigenvalue weighted by Crippen LogP contribution is -2.42. The molecule has 1 saturated heterocycles. The van der Waals surface area contributed by atoms with Gasteiger partial charge in [-0.1, -0.05) is 0 Å². The van der Waals surface area contributed by atoms with Crippen LogP contribution in [0.25, 0.3) is 0 Å². The van der Waals surface area contributed by atoms with Crippen molar-refractivity contribution < 1.29 is 14.3 Å². The molecule has 1 aliphatic rings. The molecule has 0 aliphatic carbocycles. The van der Waals surface area contributed by atoms with Gasteiger partial charge >= 0.3 is 0 Å². The Kier molecular flexibility index (Phi) is 8.06. The molecule has 5 nitrogen and oxygen atoms in total. The van der Waals surface area contributed by atoms with Crippen LogP contribution in [0.4, 0.5) is 0 Å². The molecule has 124 valence electrons. The summed E-state index contributed by atoms with van der Waals surface area (Å²) in [4.78, 5) is 14.0. The van der Waals surface area contributed by atoms with Crippen molar-refractivity contribution in [3.63, 3.8) is 0 Å². The first-order valence-electron chi connectivity index (χ1n) is 7.43. The number of carbonyl (C=O) groups excluding carboxylic acids is 1. The number of ether oxygens (including phenoxy) is 2. The lowest BCUT2D eigenvalue weighted by atomic mass is 9.98. The second-order valence-corrected chi connectivity index (χ2v) is 5.33. The van der Waals surface area contributed by atoms with Gasteiger partial charge in [-0.3, -0.25) is 4.79 Å². The van der Waals surface area contributed by atoms with Crippen LogP contribution in [0.15, 0.2) is 24.3 Å². The summed E-state index contributed by atoms with van der Waals surface area (Å²) in [7, 11) is 3.48. The molecule has 6 heteroatoms. The molecule has 0 saturated carbocycles. The number of nitrogens with one attached hydrogen (secondary N) is 1. The highest BCUT2D eigenvalue weighted by atomic mass is 35.5. The third-order valence-corrected chi connectivity index (χ3v) is 3.78. The van der Waals surface area contributed by atoms with E-state index in [2.05, 4.69) is 5.32 Å². The van der Waals surface area contributed by atoms with Gasteiger partial charge in [-0.05, 0) is 43.7 Å². The van der Waals surface area contributed by atoms with E-state index in [1.807, 2.05) is 31.3 Å². The van der Waals surface area contributed by atoms with Gasteiger partial charge in [0.05, 0.1) is 19.6 Å². The molecule has 1 amide bonds. The molecule has 1 N–H and O–H groups in total. The molecule has 0 radical (unpaired) electrons. The molecular formula is C16H25ClN2O3. The summed E-state index contributed by atoms with van der Waals surface area (Å²) in [6, 6.07) is 7.45. The summed E-state index contributed by atoms with van der Waals surface area (Å²) < 4.78 is 10.7. The number of hydrogen-bond acceptors (Lipinski definition) is 4. The Morgan fingerprint density at radius 2 is 2.00 bits per heavy atom. The van der Waals surface area contributed by atoms with Gasteiger partial charge in [0.1, 0.15) is 18.1 Å². The van der Waals surface area contributed by atoms with E-state index in [1.54, 1.807) is 12.0 Å². The van der Waals surface area contributed by atoms with E-state index in [0.717, 1.165) is 37.4 Å². The van der Waals surface area contributed by atoms with Crippen molar-refractivity contribution in [2.75, 3.05) is 40.4 Å². The van der Waals surface area contributed by atoms with Gasteiger partial charge in [0.15, 0.2) is 0 Å². The van der Waals surface area contributed by atoms with Gasteiger partial charge < -0.3 is 19.7 Å². The Morgan fingerprint density at radius 3 is 2.59 bits per heavy atom. The molecule has 1 aromatic carbocycles. The fourth-order valence-corrected chi connectivity index (χ4v) is 2.46. The zero-order valence-corrected chi connectivity index (χ0v) is 14.0. The van der Waals surface area contributed by atoms with Crippen LogP contribution in [0, 0.1) is 5.92 Å². The molecule has 1 aliphatic heterocycles. The fourth-order valence-electron chi connectivity index (χ4n) is 2.46. The van der Waals surface area contributed by atoms with Crippen molar-refractivity contribution >= 4 is 18.3 Å². The van der Waals surface area contributed by atoms with E-state index < -0.39 is 0 Å². The Labute approximate surface area is 138 Å². The predicted molar refractivity (Wildman–Crippen MR) is 89.0 cm³/mol. The van der Waals surface area contributed by atoms with Crippen molar-refractivity contribution in [3.8, 4) is 11.5 Å². The second-order valence-electron chi connectivity index (χ2n) is 5.33. The Bertz CT molecular complexity index is 447. The largest absolute Gasteiger partial charge is 0.497 e. The number of rotatable bonds is 6. The van der Waals surface area contributed by atoms with Crippen LogP contribution in [0.2, 0.25) is 0 Å². The van der Waals surface area contributed by atoms with E-state index in [-0.39, 0.29) is 24.2 Å². The average molecular weight is 329 g/mol. The monoisotopic (exact) mass is 328 g/mol. The van der Waals surface area contributed by atoms with Crippen LogP contribution < -0.4 is 14.8 Å². The lowest BCUT2D eigenvalue weighted by Gasteiger charge is -2.27. The molecule has 22 heavy (non-hydrogen) atoms. The number of methoxy groups -OCH3 is 1. The van der Waals surface area contributed by atoms with Gasteiger partial charge in [0.2, 0.25) is 5.91 Å². The van der Waals surface area contributed by atoms with Crippen LogP contribution in [0.3, 0.4) is 0 Å². The van der Waals surface area contributed by atoms with E-state index in [1.165, 1.54) is 0 Å². The number of piperidine rings is 1. The maximum atomic E-state index is 12.2. The van der Waals surface area contributed by atoms with Gasteiger partial charge in [0, 0.05) is 13.6 Å². The maximum absolute atomic E-state index is 12.2. The molecule has 2 rings (SSSR count). The molecule has 0 bridgehead atoms. The SMILES string of the molecule is COc1ccc(OCCN(C)C(=O)[C@@H]2CCCNC2)cc1.Cl. The van der Waals surface area contributed by atoms with E-state index in [9.17, 15) is 4.79 Å². The minimum absolute atomic E-state index is 0. The van der Waals surface area contributed by atoms with E-state index in [0.29, 0.717) is 13.2 Å². The number of amides is 1. The molecule has 0 spiro atoms. The number of benzene rings is 1. The number of halogens is 1. The summed E-state index contributed by atoms with van der Waals surface area (Å²) in [6.45, 7) is 2.91. The molecular weight excluding hydrogens is 304 g/mol. The predicted octanol–water partition coefficient (Wildman–Crippen LogP) is 1.95. The van der Waals surface area contributed by atoms with Gasteiger partial charge in [-0.25, -0.2) is 0 Å². The zero-order chi connectivity index (χ0) is 15.1. The standard InChI is InChI=1S/C16H24N2O3.ClH/c1-18(16(19)13-4-3-9-17-12-13)10-11-21-15-7-5-14(20-2)6-8-15;/h5-8,13,17H,3-4,9-12H2,1-2H3;1H/t13-;/m1./s1.